The van der Waals surface area contributed by atoms with Gasteiger partial charge in [0.25, 0.3) is 5.88 Å². The number of ether oxygens (including phenoxy) is 1. The molecule has 166 valence electrons. The van der Waals surface area contributed by atoms with Crippen LogP contribution in [0.5, 0.6) is 0 Å². The fourth-order valence-corrected chi connectivity index (χ4v) is 3.60. The molecule has 1 saturated heterocycles. The Morgan fingerprint density at radius 3 is 2.69 bits per heavy atom. The van der Waals surface area contributed by atoms with Gasteiger partial charge >= 0.3 is 0 Å². The lowest BCUT2D eigenvalue weighted by Crippen LogP contribution is -2.29. The van der Waals surface area contributed by atoms with Gasteiger partial charge in [-0.25, -0.2) is 4.39 Å². The number of hydrogen-bond donors (Lipinski definition) is 1. The average Bonchev–Trinajstić information content (AvgIpc) is 3.43. The fourth-order valence-electron chi connectivity index (χ4n) is 3.60. The van der Waals surface area contributed by atoms with Crippen molar-refractivity contribution >= 4 is 17.7 Å². The summed E-state index contributed by atoms with van der Waals surface area (Å²) in [6.45, 7) is 5.00. The van der Waals surface area contributed by atoms with Gasteiger partial charge in [-0.1, -0.05) is 61.5 Å². The van der Waals surface area contributed by atoms with Gasteiger partial charge in [-0.15, -0.1) is 0 Å². The summed E-state index contributed by atoms with van der Waals surface area (Å²) in [6, 6.07) is 16.4. The number of halogens is 1. The Hall–Kier alpha value is -3.52. The smallest absolute Gasteiger partial charge is 0.253 e. The van der Waals surface area contributed by atoms with Gasteiger partial charge in [-0.05, 0) is 17.2 Å². The number of nitrogens with one attached hydrogen (secondary N) is 1. The molecule has 4 rings (SSSR count). The second kappa shape index (κ2) is 8.92. The van der Waals surface area contributed by atoms with Crippen LogP contribution < -0.4 is 5.32 Å². The molecule has 1 aliphatic rings. The summed E-state index contributed by atoms with van der Waals surface area (Å²) >= 11 is 0. The van der Waals surface area contributed by atoms with Crippen molar-refractivity contribution in [2.75, 3.05) is 26.9 Å². The molecule has 0 saturated carbocycles. The van der Waals surface area contributed by atoms with Gasteiger partial charge in [0.05, 0.1) is 32.6 Å². The minimum atomic E-state index is -0.605. The molecule has 32 heavy (non-hydrogen) atoms. The van der Waals surface area contributed by atoms with Crippen molar-refractivity contribution in [2.45, 2.75) is 19.3 Å². The van der Waals surface area contributed by atoms with E-state index in [1.807, 2.05) is 55.1 Å². The number of carbonyl (C=O) groups excluding carboxylic acids is 1. The molecule has 1 amide bonds. The predicted molar refractivity (Wildman–Crippen MR) is 119 cm³/mol. The highest BCUT2D eigenvalue weighted by atomic mass is 19.1. The van der Waals surface area contributed by atoms with Gasteiger partial charge in [0, 0.05) is 17.0 Å². The summed E-state index contributed by atoms with van der Waals surface area (Å²) in [4.78, 5) is 17.6. The van der Waals surface area contributed by atoms with E-state index in [-0.39, 0.29) is 17.6 Å². The lowest BCUT2D eigenvalue weighted by molar-refractivity contribution is -0.118. The summed E-state index contributed by atoms with van der Waals surface area (Å²) in [5.41, 5.74) is 2.17. The number of carbonyl (C=O) groups is 1. The van der Waals surface area contributed by atoms with Crippen LogP contribution in [0.1, 0.15) is 25.1 Å². The quantitative estimate of drug-likeness (QED) is 0.469. The van der Waals surface area contributed by atoms with E-state index in [4.69, 9.17) is 9.26 Å². The largest absolute Gasteiger partial charge is 0.483 e. The highest BCUT2D eigenvalue weighted by Crippen LogP contribution is 2.35. The van der Waals surface area contributed by atoms with Gasteiger partial charge in [-0.3, -0.25) is 9.69 Å². The van der Waals surface area contributed by atoms with E-state index in [2.05, 4.69) is 15.5 Å². The molecule has 2 heterocycles. The Balaban J connectivity index is 1.55. The molecule has 8 heteroatoms. The molecule has 0 bridgehead atoms. The molecule has 7 nitrogen and oxygen atoms in total. The van der Waals surface area contributed by atoms with E-state index < -0.39 is 5.41 Å². The first kappa shape index (κ1) is 21.7. The highest BCUT2D eigenvalue weighted by molar-refractivity contribution is 5.83. The molecule has 0 unspecified atom stereocenters. The Labute approximate surface area is 185 Å². The average molecular weight is 436 g/mol. The Kier molecular flexibility index (Phi) is 6.05. The van der Waals surface area contributed by atoms with E-state index in [9.17, 15) is 9.18 Å². The van der Waals surface area contributed by atoms with Crippen LogP contribution in [0.3, 0.4) is 0 Å². The van der Waals surface area contributed by atoms with Crippen LogP contribution in [0, 0.1) is 5.82 Å². The van der Waals surface area contributed by atoms with Crippen LogP contribution in [0.15, 0.2) is 64.1 Å². The Morgan fingerprint density at radius 1 is 1.25 bits per heavy atom. The summed E-state index contributed by atoms with van der Waals surface area (Å²) in [5.74, 6) is 0.360. The summed E-state index contributed by atoms with van der Waals surface area (Å²) in [7, 11) is 1.52. The first-order chi connectivity index (χ1) is 15.4. The van der Waals surface area contributed by atoms with Crippen LogP contribution in [-0.4, -0.2) is 48.7 Å². The summed E-state index contributed by atoms with van der Waals surface area (Å²) < 4.78 is 25.6. The summed E-state index contributed by atoms with van der Waals surface area (Å²) in [5, 5.41) is 6.90. The van der Waals surface area contributed by atoms with Crippen LogP contribution in [0.2, 0.25) is 0 Å². The van der Waals surface area contributed by atoms with Crippen molar-refractivity contribution < 1.29 is 18.4 Å². The van der Waals surface area contributed by atoms with E-state index in [0.29, 0.717) is 36.9 Å². The highest BCUT2D eigenvalue weighted by Gasteiger charge is 2.28. The monoisotopic (exact) mass is 436 g/mol. The number of hydrogen-bond acceptors (Lipinski definition) is 6. The molecular formula is C24H25FN4O3. The minimum Gasteiger partial charge on any atom is -0.483 e. The number of benzene rings is 2. The molecule has 1 N–H and O–H groups in total. The van der Waals surface area contributed by atoms with Crippen LogP contribution >= 0.6 is 0 Å². The van der Waals surface area contributed by atoms with Crippen molar-refractivity contribution in [1.82, 2.24) is 15.4 Å². The number of nitrogens with zero attached hydrogens (tertiary/aromatic N) is 3. The molecular weight excluding hydrogens is 411 g/mol. The van der Waals surface area contributed by atoms with Crippen molar-refractivity contribution in [3.05, 3.63) is 71.7 Å². The van der Waals surface area contributed by atoms with Crippen LogP contribution in [0.25, 0.3) is 11.1 Å². The van der Waals surface area contributed by atoms with Gasteiger partial charge < -0.3 is 14.6 Å². The van der Waals surface area contributed by atoms with Crippen molar-refractivity contribution in [1.29, 1.82) is 0 Å². The summed E-state index contributed by atoms with van der Waals surface area (Å²) in [6.07, 6.45) is 0. The third-order valence-corrected chi connectivity index (χ3v) is 5.61. The zero-order valence-corrected chi connectivity index (χ0v) is 18.3. The molecule has 0 atom stereocenters. The minimum absolute atomic E-state index is 0.0327. The molecule has 2 aromatic carbocycles. The van der Waals surface area contributed by atoms with Crippen molar-refractivity contribution in [2.24, 2.45) is 4.99 Å². The van der Waals surface area contributed by atoms with E-state index in [1.165, 1.54) is 13.2 Å². The molecule has 3 aromatic rings. The third-order valence-electron chi connectivity index (χ3n) is 5.61. The van der Waals surface area contributed by atoms with Gasteiger partial charge in [0.1, 0.15) is 5.82 Å². The second-order valence-corrected chi connectivity index (χ2v) is 8.19. The Morgan fingerprint density at radius 2 is 2.03 bits per heavy atom. The number of methoxy groups -OCH3 is 1. The maximum Gasteiger partial charge on any atom is 0.253 e. The Bertz CT molecular complexity index is 1140. The van der Waals surface area contributed by atoms with Gasteiger partial charge in [-0.2, -0.15) is 4.99 Å². The zero-order valence-electron chi connectivity index (χ0n) is 18.3. The van der Waals surface area contributed by atoms with E-state index >= 15 is 0 Å². The lowest BCUT2D eigenvalue weighted by Gasteiger charge is -2.23. The maximum absolute atomic E-state index is 14.9. The molecule has 1 fully saturated rings. The molecule has 1 aliphatic heterocycles. The molecule has 1 aromatic heterocycles. The van der Waals surface area contributed by atoms with Crippen LogP contribution in [-0.2, 0) is 14.9 Å². The number of aliphatic imine (C=N–C) groups is 1. The number of rotatable bonds is 6. The SMILES string of the molecule is COC(CN1CNC(=O)C1)=Nc1cc(C(C)(C)c2ccc(-c3ccccc3)c(F)c2)no1. The third kappa shape index (κ3) is 4.55. The maximum atomic E-state index is 14.9. The van der Waals surface area contributed by atoms with E-state index in [1.54, 1.807) is 12.1 Å². The normalized spacial score (nSPS) is 15.1. The predicted octanol–water partition coefficient (Wildman–Crippen LogP) is 3.87. The second-order valence-electron chi connectivity index (χ2n) is 8.19. The fraction of sp³-hybridized carbons (Fsp3) is 0.292. The van der Waals surface area contributed by atoms with E-state index in [0.717, 1.165) is 11.1 Å². The number of aromatic nitrogens is 1. The molecule has 0 aliphatic carbocycles. The topological polar surface area (TPSA) is 80.0 Å². The number of amides is 1. The first-order valence-corrected chi connectivity index (χ1v) is 10.3. The van der Waals surface area contributed by atoms with Crippen molar-refractivity contribution in [3.63, 3.8) is 0 Å². The first-order valence-electron chi connectivity index (χ1n) is 10.3. The van der Waals surface area contributed by atoms with Crippen LogP contribution in [0.4, 0.5) is 10.3 Å². The standard InChI is InChI=1S/C24H25FN4O3/c1-24(2,17-9-10-18(19(25)11-17)16-7-5-4-6-8-16)20-12-22(32-28-20)27-23(31-3)14-29-13-21(30)26-15-29/h4-12H,13-15H2,1-3H3,(H,26,30). The van der Waals surface area contributed by atoms with Gasteiger partial charge in [0.2, 0.25) is 11.8 Å². The zero-order chi connectivity index (χ0) is 22.7. The van der Waals surface area contributed by atoms with Gasteiger partial charge in [0.15, 0.2) is 0 Å². The lowest BCUT2D eigenvalue weighted by atomic mass is 9.81. The molecule has 0 radical (unpaired) electrons. The van der Waals surface area contributed by atoms with Crippen molar-refractivity contribution in [3.8, 4) is 11.1 Å². The molecule has 0 spiro atoms.